The first-order valence-corrected chi connectivity index (χ1v) is 13.1. The minimum absolute atomic E-state index is 0.148. The molecule has 0 spiro atoms. The Morgan fingerprint density at radius 3 is 2.40 bits per heavy atom. The van der Waals surface area contributed by atoms with E-state index in [1.165, 1.54) is 0 Å². The topological polar surface area (TPSA) is 73.7 Å². The fourth-order valence-corrected chi connectivity index (χ4v) is 4.78. The number of hydrogen-bond donors (Lipinski definition) is 0. The zero-order valence-electron chi connectivity index (χ0n) is 22.8. The van der Waals surface area contributed by atoms with Crippen LogP contribution < -0.4 is 19.9 Å². The van der Waals surface area contributed by atoms with Crippen LogP contribution >= 0.6 is 0 Å². The molecular weight excluding hydrogens is 502 g/mol. The van der Waals surface area contributed by atoms with Gasteiger partial charge in [-0.25, -0.2) is 4.98 Å². The Labute approximate surface area is 233 Å². The monoisotopic (exact) mass is 533 g/mol. The van der Waals surface area contributed by atoms with Gasteiger partial charge in [-0.05, 0) is 49.7 Å². The number of rotatable bonds is 9. The number of aryl methyl sites for hydroxylation is 2. The third kappa shape index (κ3) is 5.73. The second-order valence-electron chi connectivity index (χ2n) is 9.58. The molecule has 0 radical (unpaired) electrons. The number of ether oxygens (including phenoxy) is 2. The van der Waals surface area contributed by atoms with Crippen molar-refractivity contribution in [1.82, 2.24) is 9.55 Å². The van der Waals surface area contributed by atoms with Crippen molar-refractivity contribution in [2.75, 3.05) is 25.2 Å². The summed E-state index contributed by atoms with van der Waals surface area (Å²) >= 11 is 0. The van der Waals surface area contributed by atoms with Crippen molar-refractivity contribution in [2.45, 2.75) is 20.4 Å². The molecule has 0 N–H and O–H groups in total. The standard InChI is InChI=1S/C33H31N3O4/c1-23-16-17-30(24(2)20-23)35(31(37)22-40-27-13-9-12-26(21-27)39-3)18-19-36-32(25-10-5-4-6-11-25)34-29-15-8-7-14-28(29)33(36)38/h4-17,20-21H,18-19,22H2,1-3H3. The molecule has 0 unspecified atom stereocenters. The average molecular weight is 534 g/mol. The molecule has 1 aromatic heterocycles. The van der Waals surface area contributed by atoms with Gasteiger partial charge in [0.05, 0.1) is 18.0 Å². The van der Waals surface area contributed by atoms with Gasteiger partial charge in [-0.1, -0.05) is 66.2 Å². The highest BCUT2D eigenvalue weighted by Crippen LogP contribution is 2.24. The lowest BCUT2D eigenvalue weighted by molar-refractivity contribution is -0.120. The number of amides is 1. The highest BCUT2D eigenvalue weighted by atomic mass is 16.5. The first kappa shape index (κ1) is 26.7. The molecule has 0 saturated carbocycles. The quantitative estimate of drug-likeness (QED) is 0.239. The smallest absolute Gasteiger partial charge is 0.264 e. The van der Waals surface area contributed by atoms with Crippen LogP contribution in [0.5, 0.6) is 11.5 Å². The molecule has 0 aliphatic rings. The summed E-state index contributed by atoms with van der Waals surface area (Å²) in [6.45, 7) is 4.33. The van der Waals surface area contributed by atoms with E-state index in [0.717, 1.165) is 22.4 Å². The second kappa shape index (κ2) is 11.9. The van der Waals surface area contributed by atoms with Gasteiger partial charge in [0.1, 0.15) is 17.3 Å². The van der Waals surface area contributed by atoms with Gasteiger partial charge >= 0.3 is 0 Å². The van der Waals surface area contributed by atoms with Crippen molar-refractivity contribution in [3.05, 3.63) is 119 Å². The number of nitrogens with zero attached hydrogens (tertiary/aromatic N) is 3. The maximum absolute atomic E-state index is 13.7. The van der Waals surface area contributed by atoms with E-state index >= 15 is 0 Å². The van der Waals surface area contributed by atoms with Crippen LogP contribution in [0.1, 0.15) is 11.1 Å². The Bertz CT molecular complexity index is 1710. The van der Waals surface area contributed by atoms with Gasteiger partial charge in [-0.3, -0.25) is 14.2 Å². The van der Waals surface area contributed by atoms with Gasteiger partial charge in [0.15, 0.2) is 6.61 Å². The molecule has 40 heavy (non-hydrogen) atoms. The number of anilines is 1. The van der Waals surface area contributed by atoms with Gasteiger partial charge in [-0.2, -0.15) is 0 Å². The minimum Gasteiger partial charge on any atom is -0.497 e. The fourth-order valence-electron chi connectivity index (χ4n) is 4.78. The van der Waals surface area contributed by atoms with Crippen LogP contribution in [0.15, 0.2) is 102 Å². The van der Waals surface area contributed by atoms with Gasteiger partial charge in [-0.15, -0.1) is 0 Å². The van der Waals surface area contributed by atoms with Crippen LogP contribution in [0.2, 0.25) is 0 Å². The Hall–Kier alpha value is -4.91. The van der Waals surface area contributed by atoms with E-state index in [1.807, 2.05) is 92.7 Å². The Kier molecular flexibility index (Phi) is 7.92. The number of benzene rings is 4. The van der Waals surface area contributed by atoms with E-state index < -0.39 is 0 Å². The van der Waals surface area contributed by atoms with Gasteiger partial charge in [0.2, 0.25) is 0 Å². The largest absolute Gasteiger partial charge is 0.497 e. The van der Waals surface area contributed by atoms with Gasteiger partial charge in [0, 0.05) is 30.4 Å². The number of methoxy groups -OCH3 is 1. The predicted octanol–water partition coefficient (Wildman–Crippen LogP) is 5.80. The number of carbonyl (C=O) groups excluding carboxylic acids is 1. The molecule has 0 saturated heterocycles. The van der Waals surface area contributed by atoms with E-state index in [4.69, 9.17) is 14.5 Å². The summed E-state index contributed by atoms with van der Waals surface area (Å²) in [6, 6.07) is 30.1. The van der Waals surface area contributed by atoms with Crippen LogP contribution in [0.3, 0.4) is 0 Å². The van der Waals surface area contributed by atoms with Crippen LogP contribution in [0, 0.1) is 13.8 Å². The number of aromatic nitrogens is 2. The highest BCUT2D eigenvalue weighted by Gasteiger charge is 2.21. The summed E-state index contributed by atoms with van der Waals surface area (Å²) in [5.74, 6) is 1.52. The summed E-state index contributed by atoms with van der Waals surface area (Å²) < 4.78 is 12.8. The van der Waals surface area contributed by atoms with Crippen molar-refractivity contribution in [3.63, 3.8) is 0 Å². The van der Waals surface area contributed by atoms with Crippen molar-refractivity contribution in [1.29, 1.82) is 0 Å². The zero-order valence-corrected chi connectivity index (χ0v) is 22.8. The molecule has 7 nitrogen and oxygen atoms in total. The number of hydrogen-bond acceptors (Lipinski definition) is 5. The molecule has 0 bridgehead atoms. The minimum atomic E-state index is -0.224. The predicted molar refractivity (Wildman–Crippen MR) is 158 cm³/mol. The molecule has 0 aliphatic carbocycles. The lowest BCUT2D eigenvalue weighted by Crippen LogP contribution is -2.39. The molecule has 1 heterocycles. The van der Waals surface area contributed by atoms with Gasteiger partial charge in [0.25, 0.3) is 11.5 Å². The summed E-state index contributed by atoms with van der Waals surface area (Å²) in [7, 11) is 1.58. The third-order valence-electron chi connectivity index (χ3n) is 6.79. The van der Waals surface area contributed by atoms with E-state index in [9.17, 15) is 9.59 Å². The molecule has 1 amide bonds. The van der Waals surface area contributed by atoms with E-state index in [-0.39, 0.29) is 31.2 Å². The van der Waals surface area contributed by atoms with Crippen LogP contribution in [0.25, 0.3) is 22.3 Å². The molecule has 0 atom stereocenters. The SMILES string of the molecule is COc1cccc(OCC(=O)N(CCn2c(-c3ccccc3)nc3ccccc3c2=O)c2ccc(C)cc2C)c1. The summed E-state index contributed by atoms with van der Waals surface area (Å²) in [6.07, 6.45) is 0. The number of carbonyl (C=O) groups is 1. The molecule has 0 aliphatic heterocycles. The molecule has 4 aromatic carbocycles. The van der Waals surface area contributed by atoms with Crippen LogP contribution in [-0.2, 0) is 11.3 Å². The molecule has 0 fully saturated rings. The first-order valence-electron chi connectivity index (χ1n) is 13.1. The molecule has 202 valence electrons. The lowest BCUT2D eigenvalue weighted by atomic mass is 10.1. The molecule has 5 aromatic rings. The Morgan fingerprint density at radius 2 is 1.62 bits per heavy atom. The number of para-hydroxylation sites is 1. The van der Waals surface area contributed by atoms with Crippen molar-refractivity contribution >= 4 is 22.5 Å². The lowest BCUT2D eigenvalue weighted by Gasteiger charge is -2.26. The number of fused-ring (bicyclic) bond motifs is 1. The highest BCUT2D eigenvalue weighted by molar-refractivity contribution is 5.95. The van der Waals surface area contributed by atoms with E-state index in [2.05, 4.69) is 0 Å². The molecular formula is C33H31N3O4. The zero-order chi connectivity index (χ0) is 28.1. The van der Waals surface area contributed by atoms with Crippen molar-refractivity contribution < 1.29 is 14.3 Å². The maximum Gasteiger partial charge on any atom is 0.264 e. The summed E-state index contributed by atoms with van der Waals surface area (Å²) in [5.41, 5.74) is 4.15. The van der Waals surface area contributed by atoms with Crippen molar-refractivity contribution in [2.24, 2.45) is 0 Å². The third-order valence-corrected chi connectivity index (χ3v) is 6.79. The van der Waals surface area contributed by atoms with Crippen LogP contribution in [0.4, 0.5) is 5.69 Å². The first-order chi connectivity index (χ1) is 19.4. The van der Waals surface area contributed by atoms with E-state index in [1.54, 1.807) is 34.8 Å². The van der Waals surface area contributed by atoms with Crippen LogP contribution in [-0.4, -0.2) is 35.7 Å². The molecule has 7 heteroatoms. The molecule has 5 rings (SSSR count). The summed E-state index contributed by atoms with van der Waals surface area (Å²) in [5, 5.41) is 0.535. The van der Waals surface area contributed by atoms with Gasteiger partial charge < -0.3 is 14.4 Å². The average Bonchev–Trinajstić information content (AvgIpc) is 2.98. The second-order valence-corrected chi connectivity index (χ2v) is 9.58. The Morgan fingerprint density at radius 1 is 0.875 bits per heavy atom. The normalized spacial score (nSPS) is 10.9. The van der Waals surface area contributed by atoms with Crippen molar-refractivity contribution in [3.8, 4) is 22.9 Å². The summed E-state index contributed by atoms with van der Waals surface area (Å²) in [4.78, 5) is 33.9. The maximum atomic E-state index is 13.7. The fraction of sp³-hybridized carbons (Fsp3) is 0.182. The van der Waals surface area contributed by atoms with E-state index in [0.29, 0.717) is 28.2 Å². The Balaban J connectivity index is 1.49.